The van der Waals surface area contributed by atoms with Crippen molar-refractivity contribution in [3.8, 4) is 11.3 Å². The molecule has 1 aliphatic carbocycles. The highest BCUT2D eigenvalue weighted by atomic mass is 16.3. The maximum atomic E-state index is 13.3. The molecule has 4 nitrogen and oxygen atoms in total. The number of hydrogen-bond donors (Lipinski definition) is 1. The average molecular weight is 370 g/mol. The van der Waals surface area contributed by atoms with Crippen LogP contribution < -0.4 is 0 Å². The Morgan fingerprint density at radius 3 is 2.54 bits per heavy atom. The number of carbonyl (C=O) groups excluding carboxylic acids is 1. The summed E-state index contributed by atoms with van der Waals surface area (Å²) in [5, 5.41) is 1.11. The first kappa shape index (κ1) is 16.9. The Kier molecular flexibility index (Phi) is 4.24. The number of hydrogen-bond acceptors (Lipinski definition) is 2. The molecule has 140 valence electrons. The number of nitrogens with one attached hydrogen (secondary N) is 1. The molecule has 0 aliphatic heterocycles. The Bertz CT molecular complexity index is 1090. The van der Waals surface area contributed by atoms with Gasteiger partial charge in [-0.1, -0.05) is 48.5 Å². The number of aromatic amines is 1. The number of benzene rings is 2. The van der Waals surface area contributed by atoms with Gasteiger partial charge in [-0.2, -0.15) is 0 Å². The fraction of sp³-hybridized carbons (Fsp3) is 0.208. The van der Waals surface area contributed by atoms with Crippen LogP contribution in [0.3, 0.4) is 0 Å². The van der Waals surface area contributed by atoms with E-state index in [2.05, 4.69) is 29.2 Å². The van der Waals surface area contributed by atoms with E-state index < -0.39 is 0 Å². The monoisotopic (exact) mass is 370 g/mol. The van der Waals surface area contributed by atoms with Crippen molar-refractivity contribution in [2.24, 2.45) is 0 Å². The van der Waals surface area contributed by atoms with Crippen LogP contribution in [0.1, 0.15) is 24.2 Å². The molecular formula is C24H22N2O2. The zero-order chi connectivity index (χ0) is 18.9. The Morgan fingerprint density at radius 1 is 1.00 bits per heavy atom. The van der Waals surface area contributed by atoms with Crippen LogP contribution in [0.2, 0.25) is 0 Å². The second-order valence-electron chi connectivity index (χ2n) is 7.40. The van der Waals surface area contributed by atoms with Crippen LogP contribution in [-0.4, -0.2) is 21.8 Å². The zero-order valence-corrected chi connectivity index (χ0v) is 15.6. The molecule has 1 amide bonds. The predicted molar refractivity (Wildman–Crippen MR) is 110 cm³/mol. The van der Waals surface area contributed by atoms with Crippen molar-refractivity contribution in [1.82, 2.24) is 9.88 Å². The van der Waals surface area contributed by atoms with Crippen molar-refractivity contribution in [3.63, 3.8) is 0 Å². The number of carbonyl (C=O) groups is 1. The molecule has 1 fully saturated rings. The first-order chi connectivity index (χ1) is 13.8. The summed E-state index contributed by atoms with van der Waals surface area (Å²) in [5.41, 5.74) is 4.26. The second-order valence-corrected chi connectivity index (χ2v) is 7.40. The van der Waals surface area contributed by atoms with Gasteiger partial charge < -0.3 is 14.3 Å². The summed E-state index contributed by atoms with van der Waals surface area (Å²) < 4.78 is 5.49. The topological polar surface area (TPSA) is 49.2 Å². The molecule has 0 bridgehead atoms. The van der Waals surface area contributed by atoms with Crippen LogP contribution in [-0.2, 0) is 17.8 Å². The van der Waals surface area contributed by atoms with Gasteiger partial charge >= 0.3 is 0 Å². The largest absolute Gasteiger partial charge is 0.467 e. The lowest BCUT2D eigenvalue weighted by atomic mass is 10.0. The number of nitrogens with zero attached hydrogens (tertiary/aromatic N) is 1. The SMILES string of the molecule is O=C(Cc1c(-c2ccccc2)[nH]c2ccccc12)N(Cc1ccco1)C1CC1. The number of para-hydroxylation sites is 1. The van der Waals surface area contributed by atoms with Gasteiger partial charge in [-0.25, -0.2) is 0 Å². The molecule has 1 saturated carbocycles. The summed E-state index contributed by atoms with van der Waals surface area (Å²) in [6.07, 6.45) is 4.20. The number of rotatable bonds is 6. The van der Waals surface area contributed by atoms with Crippen molar-refractivity contribution in [2.45, 2.75) is 31.8 Å². The minimum absolute atomic E-state index is 0.154. The van der Waals surface area contributed by atoms with E-state index in [0.717, 1.165) is 46.3 Å². The number of aromatic nitrogens is 1. The van der Waals surface area contributed by atoms with Crippen molar-refractivity contribution >= 4 is 16.8 Å². The van der Waals surface area contributed by atoms with E-state index >= 15 is 0 Å². The van der Waals surface area contributed by atoms with Crippen molar-refractivity contribution in [2.75, 3.05) is 0 Å². The molecular weight excluding hydrogens is 348 g/mol. The molecule has 2 heterocycles. The van der Waals surface area contributed by atoms with Crippen LogP contribution in [0.15, 0.2) is 77.4 Å². The number of H-pyrrole nitrogens is 1. The number of furan rings is 1. The lowest BCUT2D eigenvalue weighted by Gasteiger charge is -2.21. The summed E-state index contributed by atoms with van der Waals surface area (Å²) >= 11 is 0. The maximum Gasteiger partial charge on any atom is 0.227 e. The van der Waals surface area contributed by atoms with Gasteiger partial charge in [0, 0.05) is 16.9 Å². The van der Waals surface area contributed by atoms with Gasteiger partial charge in [0.25, 0.3) is 0 Å². The molecule has 0 unspecified atom stereocenters. The quantitative estimate of drug-likeness (QED) is 0.509. The van der Waals surface area contributed by atoms with E-state index in [1.165, 1.54) is 0 Å². The van der Waals surface area contributed by atoms with E-state index in [0.29, 0.717) is 19.0 Å². The maximum absolute atomic E-state index is 13.3. The third kappa shape index (κ3) is 3.22. The fourth-order valence-electron chi connectivity index (χ4n) is 3.87. The molecule has 0 atom stereocenters. The number of amides is 1. The summed E-state index contributed by atoms with van der Waals surface area (Å²) in [6, 6.07) is 22.6. The third-order valence-corrected chi connectivity index (χ3v) is 5.42. The molecule has 2 aromatic heterocycles. The van der Waals surface area contributed by atoms with Crippen LogP contribution >= 0.6 is 0 Å². The van der Waals surface area contributed by atoms with Crippen LogP contribution in [0.25, 0.3) is 22.2 Å². The molecule has 28 heavy (non-hydrogen) atoms. The number of fused-ring (bicyclic) bond motifs is 1. The normalized spacial score (nSPS) is 13.7. The van der Waals surface area contributed by atoms with Gasteiger partial charge in [-0.05, 0) is 42.2 Å². The Balaban J connectivity index is 1.50. The summed E-state index contributed by atoms with van der Waals surface area (Å²) in [5.74, 6) is 0.989. The Morgan fingerprint density at radius 2 is 1.79 bits per heavy atom. The standard InChI is InChI=1S/C24H22N2O2/c27-23(26(18-12-13-18)16-19-9-6-14-28-19)15-21-20-10-4-5-11-22(20)25-24(21)17-7-2-1-3-8-17/h1-11,14,18,25H,12-13,15-16H2. The smallest absolute Gasteiger partial charge is 0.227 e. The van der Waals surface area contributed by atoms with E-state index in [1.807, 2.05) is 47.4 Å². The zero-order valence-electron chi connectivity index (χ0n) is 15.6. The van der Waals surface area contributed by atoms with E-state index in [1.54, 1.807) is 6.26 Å². The molecule has 0 spiro atoms. The van der Waals surface area contributed by atoms with Crippen LogP contribution in [0.5, 0.6) is 0 Å². The van der Waals surface area contributed by atoms with E-state index in [9.17, 15) is 4.79 Å². The summed E-state index contributed by atoms with van der Waals surface area (Å²) in [7, 11) is 0. The van der Waals surface area contributed by atoms with E-state index in [-0.39, 0.29) is 5.91 Å². The molecule has 1 N–H and O–H groups in total. The Hall–Kier alpha value is -3.27. The summed E-state index contributed by atoms with van der Waals surface area (Å²) in [6.45, 7) is 0.541. The molecule has 0 saturated heterocycles. The first-order valence-electron chi connectivity index (χ1n) is 9.76. The average Bonchev–Trinajstić information content (AvgIpc) is 3.31. The van der Waals surface area contributed by atoms with Gasteiger partial charge in [-0.15, -0.1) is 0 Å². The van der Waals surface area contributed by atoms with Crippen molar-refractivity contribution < 1.29 is 9.21 Å². The third-order valence-electron chi connectivity index (χ3n) is 5.42. The minimum atomic E-state index is 0.154. The van der Waals surface area contributed by atoms with Gasteiger partial charge in [0.2, 0.25) is 5.91 Å². The Labute approximate surface area is 163 Å². The van der Waals surface area contributed by atoms with Crippen molar-refractivity contribution in [3.05, 3.63) is 84.3 Å². The minimum Gasteiger partial charge on any atom is -0.467 e. The van der Waals surface area contributed by atoms with Crippen LogP contribution in [0, 0.1) is 0 Å². The molecule has 0 radical (unpaired) electrons. The fourth-order valence-corrected chi connectivity index (χ4v) is 3.87. The predicted octanol–water partition coefficient (Wildman–Crippen LogP) is 5.16. The van der Waals surface area contributed by atoms with E-state index in [4.69, 9.17) is 4.42 Å². The molecule has 5 rings (SSSR count). The second kappa shape index (κ2) is 7.04. The van der Waals surface area contributed by atoms with Gasteiger partial charge in [-0.3, -0.25) is 4.79 Å². The lowest BCUT2D eigenvalue weighted by molar-refractivity contribution is -0.131. The molecule has 2 aromatic carbocycles. The lowest BCUT2D eigenvalue weighted by Crippen LogP contribution is -2.33. The van der Waals surface area contributed by atoms with Gasteiger partial charge in [0.05, 0.1) is 24.9 Å². The molecule has 4 aromatic rings. The highest BCUT2D eigenvalue weighted by molar-refractivity contribution is 5.95. The molecule has 1 aliphatic rings. The first-order valence-corrected chi connectivity index (χ1v) is 9.76. The summed E-state index contributed by atoms with van der Waals surface area (Å²) in [4.78, 5) is 18.8. The van der Waals surface area contributed by atoms with Crippen molar-refractivity contribution in [1.29, 1.82) is 0 Å². The van der Waals surface area contributed by atoms with Gasteiger partial charge in [0.1, 0.15) is 5.76 Å². The van der Waals surface area contributed by atoms with Gasteiger partial charge in [0.15, 0.2) is 0 Å². The molecule has 4 heteroatoms. The highest BCUT2D eigenvalue weighted by Crippen LogP contribution is 2.33. The highest BCUT2D eigenvalue weighted by Gasteiger charge is 2.33. The van der Waals surface area contributed by atoms with Crippen LogP contribution in [0.4, 0.5) is 0 Å².